The molecule has 1 N–H and O–H groups in total. The van der Waals surface area contributed by atoms with E-state index in [9.17, 15) is 0 Å². The van der Waals surface area contributed by atoms with Crippen molar-refractivity contribution >= 4 is 11.3 Å². The monoisotopic (exact) mass is 304 g/mol. The van der Waals surface area contributed by atoms with Crippen molar-refractivity contribution in [3.63, 3.8) is 0 Å². The van der Waals surface area contributed by atoms with Crippen LogP contribution < -0.4 is 5.32 Å². The fourth-order valence-corrected chi connectivity index (χ4v) is 3.99. The highest BCUT2D eigenvalue weighted by atomic mass is 32.1. The molecule has 0 aliphatic heterocycles. The predicted octanol–water partition coefficient (Wildman–Crippen LogP) is 4.56. The van der Waals surface area contributed by atoms with Gasteiger partial charge in [0.1, 0.15) is 5.69 Å². The molecule has 3 rings (SSSR count). The SMILES string of the molecule is CC(C)(C)NCc1ncoc1-c1cc2c(s1)CCCCC2. The minimum Gasteiger partial charge on any atom is -0.442 e. The van der Waals surface area contributed by atoms with Crippen LogP contribution in [0.3, 0.4) is 0 Å². The number of aryl methyl sites for hydroxylation is 2. The second-order valence-electron chi connectivity index (χ2n) is 6.85. The van der Waals surface area contributed by atoms with E-state index < -0.39 is 0 Å². The maximum atomic E-state index is 5.68. The van der Waals surface area contributed by atoms with Gasteiger partial charge in [0.2, 0.25) is 0 Å². The molecule has 1 aliphatic carbocycles. The van der Waals surface area contributed by atoms with Crippen LogP contribution in [0.15, 0.2) is 16.9 Å². The molecule has 0 fully saturated rings. The van der Waals surface area contributed by atoms with E-state index in [2.05, 4.69) is 37.1 Å². The quantitative estimate of drug-likeness (QED) is 0.845. The molecular weight excluding hydrogens is 280 g/mol. The highest BCUT2D eigenvalue weighted by Crippen LogP contribution is 2.36. The van der Waals surface area contributed by atoms with E-state index in [0.717, 1.165) is 18.0 Å². The van der Waals surface area contributed by atoms with Gasteiger partial charge in [-0.2, -0.15) is 0 Å². The van der Waals surface area contributed by atoms with Crippen LogP contribution in [0.2, 0.25) is 0 Å². The molecule has 4 heteroatoms. The Morgan fingerprint density at radius 3 is 2.86 bits per heavy atom. The number of rotatable bonds is 3. The van der Waals surface area contributed by atoms with E-state index in [0.29, 0.717) is 0 Å². The summed E-state index contributed by atoms with van der Waals surface area (Å²) in [5.41, 5.74) is 2.63. The van der Waals surface area contributed by atoms with Crippen LogP contribution in [0.1, 0.15) is 56.2 Å². The largest absolute Gasteiger partial charge is 0.442 e. The van der Waals surface area contributed by atoms with Gasteiger partial charge in [-0.3, -0.25) is 0 Å². The molecule has 0 spiro atoms. The molecule has 1 aliphatic rings. The van der Waals surface area contributed by atoms with Crippen molar-refractivity contribution in [2.45, 2.75) is 65.0 Å². The molecule has 0 bridgehead atoms. The predicted molar refractivity (Wildman–Crippen MR) is 87.7 cm³/mol. The maximum absolute atomic E-state index is 5.68. The average Bonchev–Trinajstić information content (AvgIpc) is 2.98. The zero-order chi connectivity index (χ0) is 14.9. The normalized spacial score (nSPS) is 15.8. The zero-order valence-electron chi connectivity index (χ0n) is 13.2. The van der Waals surface area contributed by atoms with Crippen LogP contribution in [-0.4, -0.2) is 10.5 Å². The van der Waals surface area contributed by atoms with Gasteiger partial charge in [0.25, 0.3) is 0 Å². The second-order valence-corrected chi connectivity index (χ2v) is 7.99. The van der Waals surface area contributed by atoms with Crippen LogP contribution in [0.25, 0.3) is 10.6 Å². The topological polar surface area (TPSA) is 38.1 Å². The summed E-state index contributed by atoms with van der Waals surface area (Å²) in [5.74, 6) is 0.949. The van der Waals surface area contributed by atoms with E-state index in [1.807, 2.05) is 11.3 Å². The number of nitrogens with zero attached hydrogens (tertiary/aromatic N) is 1. The first kappa shape index (κ1) is 14.8. The van der Waals surface area contributed by atoms with Gasteiger partial charge in [0.15, 0.2) is 12.2 Å². The fraction of sp³-hybridized carbons (Fsp3) is 0.588. The van der Waals surface area contributed by atoms with Gasteiger partial charge < -0.3 is 9.73 Å². The van der Waals surface area contributed by atoms with Crippen LogP contribution in [0, 0.1) is 0 Å². The van der Waals surface area contributed by atoms with Crippen molar-refractivity contribution in [2.24, 2.45) is 0 Å². The zero-order valence-corrected chi connectivity index (χ0v) is 14.0. The number of nitrogens with one attached hydrogen (secondary N) is 1. The summed E-state index contributed by atoms with van der Waals surface area (Å²) < 4.78 is 5.68. The summed E-state index contributed by atoms with van der Waals surface area (Å²) in [6.45, 7) is 7.25. The Balaban J connectivity index is 1.83. The Morgan fingerprint density at radius 1 is 1.24 bits per heavy atom. The molecule has 0 saturated carbocycles. The lowest BCUT2D eigenvalue weighted by Crippen LogP contribution is -2.35. The van der Waals surface area contributed by atoms with Gasteiger partial charge in [0, 0.05) is 17.0 Å². The average molecular weight is 304 g/mol. The van der Waals surface area contributed by atoms with E-state index in [1.54, 1.807) is 11.3 Å². The summed E-state index contributed by atoms with van der Waals surface area (Å²) in [4.78, 5) is 7.19. The molecule has 2 aromatic heterocycles. The first-order valence-corrected chi connectivity index (χ1v) is 8.64. The van der Waals surface area contributed by atoms with Crippen molar-refractivity contribution < 1.29 is 4.42 Å². The molecule has 2 aromatic rings. The third-order valence-electron chi connectivity index (χ3n) is 3.90. The van der Waals surface area contributed by atoms with E-state index in [1.165, 1.54) is 42.5 Å². The van der Waals surface area contributed by atoms with Crippen molar-refractivity contribution in [3.8, 4) is 10.6 Å². The van der Waals surface area contributed by atoms with E-state index in [4.69, 9.17) is 4.42 Å². The fourth-order valence-electron chi connectivity index (χ4n) is 2.72. The Kier molecular flexibility index (Phi) is 4.18. The minimum atomic E-state index is 0.0861. The lowest BCUT2D eigenvalue weighted by molar-refractivity contribution is 0.421. The molecule has 114 valence electrons. The minimum absolute atomic E-state index is 0.0861. The van der Waals surface area contributed by atoms with Gasteiger partial charge in [-0.05, 0) is 58.1 Å². The van der Waals surface area contributed by atoms with Gasteiger partial charge in [-0.15, -0.1) is 11.3 Å². The molecule has 0 saturated heterocycles. The summed E-state index contributed by atoms with van der Waals surface area (Å²) in [7, 11) is 0. The number of hydrogen-bond donors (Lipinski definition) is 1. The lowest BCUT2D eigenvalue weighted by Gasteiger charge is -2.19. The van der Waals surface area contributed by atoms with Crippen molar-refractivity contribution in [3.05, 3.63) is 28.6 Å². The van der Waals surface area contributed by atoms with Gasteiger partial charge in [0.05, 0.1) is 4.88 Å². The molecule has 21 heavy (non-hydrogen) atoms. The lowest BCUT2D eigenvalue weighted by atomic mass is 10.1. The van der Waals surface area contributed by atoms with Crippen LogP contribution >= 0.6 is 11.3 Å². The standard InChI is InChI=1S/C17H24N2OS/c1-17(2,3)19-10-13-16(20-11-18-13)15-9-12-7-5-4-6-8-14(12)21-15/h9,11,19H,4-8,10H2,1-3H3. The molecule has 0 atom stereocenters. The van der Waals surface area contributed by atoms with Gasteiger partial charge >= 0.3 is 0 Å². The van der Waals surface area contributed by atoms with Gasteiger partial charge in [-0.25, -0.2) is 4.98 Å². The molecule has 0 radical (unpaired) electrons. The maximum Gasteiger partial charge on any atom is 0.181 e. The Hall–Kier alpha value is -1.13. The molecule has 2 heterocycles. The van der Waals surface area contributed by atoms with Crippen molar-refractivity contribution in [2.75, 3.05) is 0 Å². The molecule has 0 aromatic carbocycles. The third-order valence-corrected chi connectivity index (χ3v) is 5.13. The number of fused-ring (bicyclic) bond motifs is 1. The number of oxazole rings is 1. The summed E-state index contributed by atoms with van der Waals surface area (Å²) in [6.07, 6.45) is 8.01. The summed E-state index contributed by atoms with van der Waals surface area (Å²) in [5, 5.41) is 3.49. The third kappa shape index (κ3) is 3.55. The number of thiophene rings is 1. The molecule has 0 amide bonds. The second kappa shape index (κ2) is 5.93. The van der Waals surface area contributed by atoms with Crippen LogP contribution in [-0.2, 0) is 19.4 Å². The summed E-state index contributed by atoms with van der Waals surface area (Å²) in [6, 6.07) is 2.33. The van der Waals surface area contributed by atoms with E-state index >= 15 is 0 Å². The van der Waals surface area contributed by atoms with Crippen molar-refractivity contribution in [1.29, 1.82) is 0 Å². The van der Waals surface area contributed by atoms with Crippen molar-refractivity contribution in [1.82, 2.24) is 10.3 Å². The molecular formula is C17H24N2OS. The first-order valence-electron chi connectivity index (χ1n) is 7.82. The van der Waals surface area contributed by atoms with Crippen LogP contribution in [0.5, 0.6) is 0 Å². The smallest absolute Gasteiger partial charge is 0.181 e. The Labute approximate surface area is 130 Å². The first-order chi connectivity index (χ1) is 10.0. The van der Waals surface area contributed by atoms with Gasteiger partial charge in [-0.1, -0.05) is 6.42 Å². The number of aromatic nitrogens is 1. The highest BCUT2D eigenvalue weighted by Gasteiger charge is 2.19. The molecule has 0 unspecified atom stereocenters. The molecule has 3 nitrogen and oxygen atoms in total. The summed E-state index contributed by atoms with van der Waals surface area (Å²) >= 11 is 1.89. The number of hydrogen-bond acceptors (Lipinski definition) is 4. The Morgan fingerprint density at radius 2 is 2.05 bits per heavy atom. The Bertz CT molecular complexity index is 583. The van der Waals surface area contributed by atoms with E-state index in [-0.39, 0.29) is 5.54 Å². The van der Waals surface area contributed by atoms with Crippen LogP contribution in [0.4, 0.5) is 0 Å². The highest BCUT2D eigenvalue weighted by molar-refractivity contribution is 7.15.